The molecule has 0 aliphatic heterocycles. The van der Waals surface area contributed by atoms with Crippen LogP contribution in [0.4, 0.5) is 0 Å². The van der Waals surface area contributed by atoms with Gasteiger partial charge in [-0.2, -0.15) is 0 Å². The maximum atomic E-state index is 9.90. The summed E-state index contributed by atoms with van der Waals surface area (Å²) in [6, 6.07) is 0. The van der Waals surface area contributed by atoms with Crippen molar-refractivity contribution in [2.75, 3.05) is 19.8 Å². The number of rotatable bonds is 14. The minimum absolute atomic E-state index is 0.0258. The molecule has 17 nitrogen and oxygen atoms in total. The van der Waals surface area contributed by atoms with E-state index in [9.17, 15) is 14.4 Å². The summed E-state index contributed by atoms with van der Waals surface area (Å²) in [5.41, 5.74) is 0. The monoisotopic (exact) mass is 510 g/mol. The summed E-state index contributed by atoms with van der Waals surface area (Å²) in [5, 5.41) is 121. The second kappa shape index (κ2) is 20.8. The van der Waals surface area contributed by atoms with Crippen LogP contribution in [0.5, 0.6) is 0 Å². The Hall–Kier alpha value is -1.55. The summed E-state index contributed by atoms with van der Waals surface area (Å²) in [6.07, 6.45) is -18.3. The van der Waals surface area contributed by atoms with Crippen LogP contribution in [0.25, 0.3) is 0 Å². The summed E-state index contributed by atoms with van der Waals surface area (Å²) in [6.45, 7) is -2.21. The summed E-state index contributed by atoms with van der Waals surface area (Å²) in [4.78, 5) is 29.6. The van der Waals surface area contributed by atoms with Gasteiger partial charge < -0.3 is 85.9 Å². The molecule has 17 heteroatoms. The molecule has 0 fully saturated rings. The van der Waals surface area contributed by atoms with Crippen LogP contribution in [0.15, 0.2) is 0 Å². The second-order valence-electron chi connectivity index (χ2n) is 6.58. The Balaban J connectivity index is -0.000000426. The summed E-state index contributed by atoms with van der Waals surface area (Å²) in [5.74, 6) is 0. The minimum Gasteiger partial charge on any atom is -0.394 e. The van der Waals surface area contributed by atoms with E-state index in [1.165, 1.54) is 0 Å². The molecular weight excluding hydrogens is 476 g/mol. The third kappa shape index (κ3) is 14.7. The Morgan fingerprint density at radius 3 is 0.794 bits per heavy atom. The molecule has 0 bridgehead atoms. The van der Waals surface area contributed by atoms with Gasteiger partial charge in [-0.3, -0.25) is 0 Å². The highest BCUT2D eigenvalue weighted by molar-refractivity contribution is 5.57. The van der Waals surface area contributed by atoms with E-state index in [1.54, 1.807) is 0 Å². The van der Waals surface area contributed by atoms with Crippen LogP contribution in [0.1, 0.15) is 0 Å². The highest BCUT2D eigenvalue weighted by Gasteiger charge is 2.30. The lowest BCUT2D eigenvalue weighted by atomic mass is 10.0. The quantitative estimate of drug-likeness (QED) is 0.0964. The molecule has 0 aliphatic rings. The van der Waals surface area contributed by atoms with E-state index >= 15 is 0 Å². The molecule has 0 saturated carbocycles. The van der Waals surface area contributed by atoms with Crippen molar-refractivity contribution in [3.63, 3.8) is 0 Å². The molecule has 0 heterocycles. The van der Waals surface area contributed by atoms with Gasteiger partial charge in [0.05, 0.1) is 19.8 Å². The van der Waals surface area contributed by atoms with Gasteiger partial charge in [-0.05, 0) is 0 Å². The normalized spacial score (nSPS) is 20.6. The zero-order valence-electron chi connectivity index (χ0n) is 17.7. The van der Waals surface area contributed by atoms with Crippen LogP contribution < -0.4 is 0 Å². The average Bonchev–Trinajstić information content (AvgIpc) is 2.88. The maximum Gasteiger partial charge on any atom is 0.151 e. The predicted octanol–water partition coefficient (Wildman–Crippen LogP) is -9.50. The predicted molar refractivity (Wildman–Crippen MR) is 106 cm³/mol. The second-order valence-corrected chi connectivity index (χ2v) is 6.58. The molecular formula is C17H34O17. The number of aliphatic hydroxyl groups is 14. The Morgan fingerprint density at radius 1 is 0.382 bits per heavy atom. The van der Waals surface area contributed by atoms with E-state index in [0.29, 0.717) is 0 Å². The molecule has 0 rings (SSSR count). The highest BCUT2D eigenvalue weighted by Crippen LogP contribution is 2.04. The molecule has 0 aromatic carbocycles. The van der Waals surface area contributed by atoms with E-state index in [1.807, 2.05) is 0 Å². The van der Waals surface area contributed by atoms with Crippen molar-refractivity contribution in [1.82, 2.24) is 0 Å². The van der Waals surface area contributed by atoms with Gasteiger partial charge in [-0.15, -0.1) is 0 Å². The number of aliphatic hydroxyl groups excluding tert-OH is 14. The summed E-state index contributed by atoms with van der Waals surface area (Å²) >= 11 is 0. The standard InChI is InChI=1S/2C6H12O6.C5H10O5/c2*7-1-3(9)5(11)6(12)4(10)2-8;6-1-3(8)5(10)4(9)2-7/h2*1,3-6,8-12H,2H2;1,3-5,7-10H,2H2. The Labute approximate surface area is 192 Å². The van der Waals surface area contributed by atoms with Gasteiger partial charge in [-0.1, -0.05) is 0 Å². The van der Waals surface area contributed by atoms with Crippen LogP contribution in [0, 0.1) is 0 Å². The van der Waals surface area contributed by atoms with Crippen LogP contribution in [0.2, 0.25) is 0 Å². The van der Waals surface area contributed by atoms with E-state index in [-0.39, 0.29) is 18.9 Å². The first-order chi connectivity index (χ1) is 15.7. The van der Waals surface area contributed by atoms with Gasteiger partial charge in [0, 0.05) is 0 Å². The Kier molecular flexibility index (Phi) is 22.6. The van der Waals surface area contributed by atoms with Gasteiger partial charge in [-0.25, -0.2) is 0 Å². The van der Waals surface area contributed by atoms with Gasteiger partial charge >= 0.3 is 0 Å². The summed E-state index contributed by atoms with van der Waals surface area (Å²) in [7, 11) is 0. The van der Waals surface area contributed by atoms with Crippen molar-refractivity contribution < 1.29 is 85.9 Å². The first kappa shape index (κ1) is 37.0. The third-order valence-electron chi connectivity index (χ3n) is 3.91. The Bertz CT molecular complexity index is 490. The lowest BCUT2D eigenvalue weighted by molar-refractivity contribution is -0.136. The molecule has 204 valence electrons. The Morgan fingerprint density at radius 2 is 0.588 bits per heavy atom. The van der Waals surface area contributed by atoms with Crippen LogP contribution in [-0.4, -0.2) is 177 Å². The van der Waals surface area contributed by atoms with Crippen molar-refractivity contribution in [3.05, 3.63) is 0 Å². The number of aldehydes is 3. The van der Waals surface area contributed by atoms with E-state index in [0.717, 1.165) is 0 Å². The first-order valence-electron chi connectivity index (χ1n) is 9.39. The molecule has 11 unspecified atom stereocenters. The van der Waals surface area contributed by atoms with Crippen molar-refractivity contribution in [1.29, 1.82) is 0 Å². The van der Waals surface area contributed by atoms with E-state index < -0.39 is 87.0 Å². The van der Waals surface area contributed by atoms with Crippen molar-refractivity contribution >= 4 is 18.9 Å². The van der Waals surface area contributed by atoms with Crippen molar-refractivity contribution in [2.45, 2.75) is 67.1 Å². The van der Waals surface area contributed by atoms with Crippen LogP contribution in [-0.2, 0) is 14.4 Å². The van der Waals surface area contributed by atoms with Gasteiger partial charge in [0.1, 0.15) is 67.1 Å². The molecule has 11 atom stereocenters. The topological polar surface area (TPSA) is 334 Å². The van der Waals surface area contributed by atoms with E-state index in [4.69, 9.17) is 71.5 Å². The number of hydrogen-bond donors (Lipinski definition) is 14. The molecule has 0 radical (unpaired) electrons. The first-order valence-corrected chi connectivity index (χ1v) is 9.39. The van der Waals surface area contributed by atoms with Crippen molar-refractivity contribution in [3.8, 4) is 0 Å². The summed E-state index contributed by atoms with van der Waals surface area (Å²) < 4.78 is 0. The fourth-order valence-electron chi connectivity index (χ4n) is 1.65. The molecule has 0 amide bonds. The highest BCUT2D eigenvalue weighted by atomic mass is 16.4. The number of carbonyl (C=O) groups is 3. The zero-order valence-corrected chi connectivity index (χ0v) is 17.7. The van der Waals surface area contributed by atoms with E-state index in [2.05, 4.69) is 0 Å². The molecule has 0 aromatic rings. The van der Waals surface area contributed by atoms with Gasteiger partial charge in [0.15, 0.2) is 18.9 Å². The fourth-order valence-corrected chi connectivity index (χ4v) is 1.65. The maximum absolute atomic E-state index is 9.90. The molecule has 0 aliphatic carbocycles. The third-order valence-corrected chi connectivity index (χ3v) is 3.91. The largest absolute Gasteiger partial charge is 0.394 e. The molecule has 0 saturated heterocycles. The SMILES string of the molecule is O=CC(O)C(O)C(O)C(O)CO.O=CC(O)C(O)C(O)C(O)CO.O=CC(O)C(O)C(O)CO. The number of hydrogen-bond acceptors (Lipinski definition) is 17. The molecule has 14 N–H and O–H groups in total. The van der Waals surface area contributed by atoms with Gasteiger partial charge in [0.25, 0.3) is 0 Å². The van der Waals surface area contributed by atoms with Crippen molar-refractivity contribution in [2.24, 2.45) is 0 Å². The van der Waals surface area contributed by atoms with Gasteiger partial charge in [0.2, 0.25) is 0 Å². The smallest absolute Gasteiger partial charge is 0.151 e. The van der Waals surface area contributed by atoms with Crippen LogP contribution >= 0.6 is 0 Å². The zero-order chi connectivity index (χ0) is 27.6. The fraction of sp³-hybridized carbons (Fsp3) is 0.824. The lowest BCUT2D eigenvalue weighted by Gasteiger charge is -2.22. The molecule has 0 spiro atoms. The minimum atomic E-state index is -1.79. The average molecular weight is 510 g/mol. The molecule has 34 heavy (non-hydrogen) atoms. The van der Waals surface area contributed by atoms with Crippen LogP contribution in [0.3, 0.4) is 0 Å². The number of carbonyl (C=O) groups excluding carboxylic acids is 3. The lowest BCUT2D eigenvalue weighted by Crippen LogP contribution is -2.46. The molecule has 0 aromatic heterocycles.